The first kappa shape index (κ1) is 25.5. The van der Waals surface area contributed by atoms with Crippen molar-refractivity contribution in [2.75, 3.05) is 33.3 Å². The van der Waals surface area contributed by atoms with Gasteiger partial charge in [-0.2, -0.15) is 0 Å². The van der Waals surface area contributed by atoms with Gasteiger partial charge in [-0.1, -0.05) is 31.0 Å². The van der Waals surface area contributed by atoms with Crippen molar-refractivity contribution in [2.45, 2.75) is 38.3 Å². The Bertz CT molecular complexity index is 1150. The van der Waals surface area contributed by atoms with E-state index in [9.17, 15) is 14.4 Å². The highest BCUT2D eigenvalue weighted by Crippen LogP contribution is 2.53. The van der Waals surface area contributed by atoms with Gasteiger partial charge in [-0.15, -0.1) is 0 Å². The second kappa shape index (κ2) is 9.81. The SMILES string of the molecule is CCC[C@]1(C(=O)OC)N[C@@H](c2cc(OC)c(OC)c(OC)c2)[C@H]2C(=O)N(c3ccc(C)cc3)C(=O)[C@H]21. The van der Waals surface area contributed by atoms with Gasteiger partial charge in [0, 0.05) is 6.04 Å². The van der Waals surface area contributed by atoms with E-state index in [-0.39, 0.29) is 5.91 Å². The number of ether oxygens (including phenoxy) is 4. The Labute approximate surface area is 210 Å². The minimum absolute atomic E-state index is 0.322. The molecule has 0 bridgehead atoms. The molecule has 2 aliphatic heterocycles. The third kappa shape index (κ3) is 3.78. The van der Waals surface area contributed by atoms with Gasteiger partial charge in [-0.05, 0) is 43.2 Å². The molecule has 2 saturated heterocycles. The van der Waals surface area contributed by atoms with Crippen LogP contribution in [0, 0.1) is 18.8 Å². The number of rotatable bonds is 8. The molecule has 2 aliphatic rings. The molecule has 2 heterocycles. The van der Waals surface area contributed by atoms with E-state index in [4.69, 9.17) is 18.9 Å². The first-order valence-corrected chi connectivity index (χ1v) is 11.9. The minimum atomic E-state index is -1.37. The van der Waals surface area contributed by atoms with E-state index in [1.807, 2.05) is 26.0 Å². The number of amides is 2. The molecule has 0 aliphatic carbocycles. The van der Waals surface area contributed by atoms with Gasteiger partial charge in [0.1, 0.15) is 5.54 Å². The van der Waals surface area contributed by atoms with E-state index >= 15 is 0 Å². The Morgan fingerprint density at radius 1 is 0.972 bits per heavy atom. The van der Waals surface area contributed by atoms with E-state index in [0.717, 1.165) is 5.56 Å². The molecule has 0 aromatic heterocycles. The van der Waals surface area contributed by atoms with Crippen LogP contribution >= 0.6 is 0 Å². The normalized spacial score (nSPS) is 25.1. The Kier molecular flexibility index (Phi) is 6.95. The Hall–Kier alpha value is -3.59. The molecule has 36 heavy (non-hydrogen) atoms. The summed E-state index contributed by atoms with van der Waals surface area (Å²) in [5.41, 5.74) is 0.743. The maximum absolute atomic E-state index is 13.9. The molecule has 2 aromatic carbocycles. The predicted molar refractivity (Wildman–Crippen MR) is 132 cm³/mol. The Balaban J connectivity index is 1.90. The standard InChI is InChI=1S/C27H32N2O7/c1-7-12-27(26(32)36-6)21-20(24(30)29(25(21)31)17-10-8-15(2)9-11-17)22(28-27)16-13-18(33-3)23(35-5)19(14-16)34-4/h8-11,13-14,20-22,28H,7,12H2,1-6H3/t20-,21-,22-,27-/m0/s1. The number of nitrogens with zero attached hydrogens (tertiary/aromatic N) is 1. The number of methoxy groups -OCH3 is 4. The van der Waals surface area contributed by atoms with Crippen molar-refractivity contribution in [1.29, 1.82) is 0 Å². The predicted octanol–water partition coefficient (Wildman–Crippen LogP) is 3.18. The highest BCUT2D eigenvalue weighted by molar-refractivity contribution is 6.24. The first-order valence-electron chi connectivity index (χ1n) is 11.9. The summed E-state index contributed by atoms with van der Waals surface area (Å²) in [7, 11) is 5.81. The Morgan fingerprint density at radius 2 is 1.58 bits per heavy atom. The van der Waals surface area contributed by atoms with Crippen molar-refractivity contribution >= 4 is 23.5 Å². The fourth-order valence-corrected chi connectivity index (χ4v) is 5.61. The molecule has 1 N–H and O–H groups in total. The van der Waals surface area contributed by atoms with Crippen LogP contribution in [0.2, 0.25) is 0 Å². The van der Waals surface area contributed by atoms with E-state index < -0.39 is 35.3 Å². The Morgan fingerprint density at radius 3 is 2.08 bits per heavy atom. The molecule has 0 unspecified atom stereocenters. The van der Waals surface area contributed by atoms with Crippen molar-refractivity contribution < 1.29 is 33.3 Å². The van der Waals surface area contributed by atoms with Crippen LogP contribution in [0.25, 0.3) is 0 Å². The largest absolute Gasteiger partial charge is 0.493 e. The summed E-state index contributed by atoms with van der Waals surface area (Å²) < 4.78 is 21.7. The molecule has 2 fully saturated rings. The number of hydrogen-bond acceptors (Lipinski definition) is 8. The lowest BCUT2D eigenvalue weighted by Crippen LogP contribution is -2.56. The molecule has 192 valence electrons. The number of anilines is 1. The second-order valence-electron chi connectivity index (χ2n) is 9.14. The number of carbonyl (C=O) groups is 3. The monoisotopic (exact) mass is 496 g/mol. The maximum Gasteiger partial charge on any atom is 0.326 e. The summed E-state index contributed by atoms with van der Waals surface area (Å²) in [5.74, 6) is -1.93. The zero-order valence-electron chi connectivity index (χ0n) is 21.4. The summed E-state index contributed by atoms with van der Waals surface area (Å²) in [6.45, 7) is 3.85. The van der Waals surface area contributed by atoms with Crippen molar-refractivity contribution in [1.82, 2.24) is 5.32 Å². The van der Waals surface area contributed by atoms with E-state index in [2.05, 4.69) is 5.32 Å². The highest BCUT2D eigenvalue weighted by atomic mass is 16.5. The van der Waals surface area contributed by atoms with E-state index in [0.29, 0.717) is 41.3 Å². The van der Waals surface area contributed by atoms with Gasteiger partial charge in [-0.25, -0.2) is 4.90 Å². The van der Waals surface area contributed by atoms with Crippen molar-refractivity contribution in [2.24, 2.45) is 11.8 Å². The van der Waals surface area contributed by atoms with Gasteiger partial charge in [0.25, 0.3) is 0 Å². The van der Waals surface area contributed by atoms with Gasteiger partial charge in [0.2, 0.25) is 17.6 Å². The number of carbonyl (C=O) groups excluding carboxylic acids is 3. The third-order valence-corrected chi connectivity index (χ3v) is 7.19. The molecule has 0 radical (unpaired) electrons. The molecular formula is C27H32N2O7. The highest BCUT2D eigenvalue weighted by Gasteiger charge is 2.68. The number of benzene rings is 2. The zero-order valence-corrected chi connectivity index (χ0v) is 21.4. The fourth-order valence-electron chi connectivity index (χ4n) is 5.61. The molecule has 9 nitrogen and oxygen atoms in total. The number of aryl methyl sites for hydroxylation is 1. The summed E-state index contributed by atoms with van der Waals surface area (Å²) >= 11 is 0. The topological polar surface area (TPSA) is 103 Å². The van der Waals surface area contributed by atoms with Crippen molar-refractivity contribution in [3.8, 4) is 17.2 Å². The van der Waals surface area contributed by atoms with Crippen LogP contribution in [-0.2, 0) is 19.1 Å². The second-order valence-corrected chi connectivity index (χ2v) is 9.14. The number of nitrogens with one attached hydrogen (secondary N) is 1. The van der Waals surface area contributed by atoms with Gasteiger partial charge in [0.05, 0.1) is 46.0 Å². The fraction of sp³-hybridized carbons (Fsp3) is 0.444. The minimum Gasteiger partial charge on any atom is -0.493 e. The van der Waals surface area contributed by atoms with Crippen LogP contribution in [0.1, 0.15) is 36.9 Å². The third-order valence-electron chi connectivity index (χ3n) is 7.19. The smallest absolute Gasteiger partial charge is 0.326 e. The average molecular weight is 497 g/mol. The van der Waals surface area contributed by atoms with Crippen molar-refractivity contribution in [3.63, 3.8) is 0 Å². The number of esters is 1. The van der Waals surface area contributed by atoms with Crippen LogP contribution in [0.5, 0.6) is 17.2 Å². The van der Waals surface area contributed by atoms with Crippen LogP contribution < -0.4 is 24.4 Å². The average Bonchev–Trinajstić information content (AvgIpc) is 3.37. The van der Waals surface area contributed by atoms with E-state index in [1.165, 1.54) is 33.3 Å². The number of imide groups is 1. The van der Waals surface area contributed by atoms with Gasteiger partial charge >= 0.3 is 5.97 Å². The molecule has 2 aromatic rings. The maximum atomic E-state index is 13.9. The van der Waals surface area contributed by atoms with Crippen LogP contribution in [0.4, 0.5) is 5.69 Å². The zero-order chi connectivity index (χ0) is 26.2. The van der Waals surface area contributed by atoms with E-state index in [1.54, 1.807) is 24.3 Å². The summed E-state index contributed by atoms with van der Waals surface area (Å²) in [6, 6.07) is 9.98. The van der Waals surface area contributed by atoms with Crippen LogP contribution in [0.15, 0.2) is 36.4 Å². The number of hydrogen-bond donors (Lipinski definition) is 1. The molecule has 4 atom stereocenters. The first-order chi connectivity index (χ1) is 17.3. The summed E-state index contributed by atoms with van der Waals surface area (Å²) in [6.07, 6.45) is 0.918. The summed E-state index contributed by atoms with van der Waals surface area (Å²) in [4.78, 5) is 42.3. The molecular weight excluding hydrogens is 464 g/mol. The van der Waals surface area contributed by atoms with Crippen molar-refractivity contribution in [3.05, 3.63) is 47.5 Å². The molecule has 0 saturated carbocycles. The van der Waals surface area contributed by atoms with Crippen LogP contribution in [0.3, 0.4) is 0 Å². The van der Waals surface area contributed by atoms with Crippen LogP contribution in [-0.4, -0.2) is 51.8 Å². The van der Waals surface area contributed by atoms with Gasteiger partial charge < -0.3 is 18.9 Å². The molecule has 0 spiro atoms. The molecule has 9 heteroatoms. The lowest BCUT2D eigenvalue weighted by molar-refractivity contribution is -0.152. The van der Waals surface area contributed by atoms with Gasteiger partial charge in [0.15, 0.2) is 11.5 Å². The summed E-state index contributed by atoms with van der Waals surface area (Å²) in [5, 5.41) is 3.36. The molecule has 2 amide bonds. The molecule has 4 rings (SSSR count). The lowest BCUT2D eigenvalue weighted by atomic mass is 9.77. The van der Waals surface area contributed by atoms with Gasteiger partial charge in [-0.3, -0.25) is 19.7 Å². The lowest BCUT2D eigenvalue weighted by Gasteiger charge is -2.32. The quantitative estimate of drug-likeness (QED) is 0.439. The number of fused-ring (bicyclic) bond motifs is 1.